The van der Waals surface area contributed by atoms with Crippen LogP contribution in [-0.2, 0) is 13.0 Å². The summed E-state index contributed by atoms with van der Waals surface area (Å²) >= 11 is 3.70. The molecule has 2 rings (SSSR count). The number of nitrogens with zero attached hydrogens (tertiary/aromatic N) is 3. The van der Waals surface area contributed by atoms with Gasteiger partial charge in [-0.1, -0.05) is 29.8 Å². The minimum absolute atomic E-state index is 0.632. The quantitative estimate of drug-likeness (QED) is 0.796. The van der Waals surface area contributed by atoms with Crippen LogP contribution in [0, 0.1) is 11.8 Å². The average Bonchev–Trinajstić information content (AvgIpc) is 2.77. The molecule has 1 aromatic rings. The summed E-state index contributed by atoms with van der Waals surface area (Å²) < 4.78 is 2.08. The predicted octanol–water partition coefficient (Wildman–Crippen LogP) is 3.04. The molecule has 3 nitrogen and oxygen atoms in total. The number of rotatable bonds is 4. The molecule has 1 fully saturated rings. The molecular weight excluding hydrogens is 266 g/mol. The Kier molecular flexibility index (Phi) is 4.00. The van der Waals surface area contributed by atoms with E-state index < -0.39 is 0 Å². The molecule has 0 N–H and O–H groups in total. The van der Waals surface area contributed by atoms with Crippen LogP contribution in [0.25, 0.3) is 0 Å². The van der Waals surface area contributed by atoms with Crippen molar-refractivity contribution >= 4 is 15.9 Å². The van der Waals surface area contributed by atoms with Crippen LogP contribution in [0.4, 0.5) is 0 Å². The van der Waals surface area contributed by atoms with Gasteiger partial charge in [0.05, 0.1) is 0 Å². The fraction of sp³-hybridized carbons (Fsp3) is 0.833. The summed E-state index contributed by atoms with van der Waals surface area (Å²) in [4.78, 5) is 5.12. The summed E-state index contributed by atoms with van der Waals surface area (Å²) in [5, 5.41) is 4.31. The molecular formula is C12H20BrN3. The van der Waals surface area contributed by atoms with Crippen molar-refractivity contribution in [2.24, 2.45) is 11.8 Å². The second-order valence-electron chi connectivity index (χ2n) is 5.23. The first-order valence-electron chi connectivity index (χ1n) is 6.16. The zero-order valence-electron chi connectivity index (χ0n) is 10.1. The molecule has 16 heavy (non-hydrogen) atoms. The van der Waals surface area contributed by atoms with E-state index in [1.165, 1.54) is 25.1 Å². The lowest BCUT2D eigenvalue weighted by Gasteiger charge is -2.11. The fourth-order valence-electron chi connectivity index (χ4n) is 2.40. The van der Waals surface area contributed by atoms with Crippen LogP contribution in [0.3, 0.4) is 0 Å². The Morgan fingerprint density at radius 3 is 2.94 bits per heavy atom. The van der Waals surface area contributed by atoms with E-state index in [1.54, 1.807) is 6.33 Å². The summed E-state index contributed by atoms with van der Waals surface area (Å²) in [6.45, 7) is 5.42. The molecule has 0 radical (unpaired) electrons. The van der Waals surface area contributed by atoms with Gasteiger partial charge >= 0.3 is 0 Å². The zero-order valence-corrected chi connectivity index (χ0v) is 11.7. The summed E-state index contributed by atoms with van der Waals surface area (Å²) in [6.07, 6.45) is 6.70. The Labute approximate surface area is 106 Å². The molecule has 2 atom stereocenters. The second kappa shape index (κ2) is 5.30. The Hall–Kier alpha value is -0.380. The molecule has 1 aliphatic carbocycles. The van der Waals surface area contributed by atoms with Gasteiger partial charge in [-0.3, -0.25) is 0 Å². The van der Waals surface area contributed by atoms with Gasteiger partial charge in [-0.2, -0.15) is 5.10 Å². The molecule has 0 aliphatic heterocycles. The number of halogens is 1. The maximum absolute atomic E-state index is 4.39. The topological polar surface area (TPSA) is 30.7 Å². The van der Waals surface area contributed by atoms with E-state index in [1.807, 2.05) is 0 Å². The van der Waals surface area contributed by atoms with Gasteiger partial charge < -0.3 is 0 Å². The first-order chi connectivity index (χ1) is 7.65. The van der Waals surface area contributed by atoms with Gasteiger partial charge in [-0.15, -0.1) is 0 Å². The third kappa shape index (κ3) is 3.06. The third-order valence-electron chi connectivity index (χ3n) is 3.18. The number of alkyl halides is 1. The molecule has 1 aromatic heterocycles. The highest BCUT2D eigenvalue weighted by Gasteiger charge is 2.24. The molecule has 0 spiro atoms. The van der Waals surface area contributed by atoms with Gasteiger partial charge in [0.15, 0.2) is 0 Å². The van der Waals surface area contributed by atoms with Gasteiger partial charge in [-0.25, -0.2) is 9.67 Å². The van der Waals surface area contributed by atoms with Crippen LogP contribution in [-0.4, -0.2) is 19.6 Å². The molecule has 0 aromatic carbocycles. The van der Waals surface area contributed by atoms with Crippen LogP contribution >= 0.6 is 15.9 Å². The van der Waals surface area contributed by atoms with Crippen molar-refractivity contribution in [1.29, 1.82) is 0 Å². The highest BCUT2D eigenvalue weighted by Crippen LogP contribution is 2.32. The Balaban J connectivity index is 1.96. The van der Waals surface area contributed by atoms with E-state index >= 15 is 0 Å². The summed E-state index contributed by atoms with van der Waals surface area (Å²) in [7, 11) is 0. The monoisotopic (exact) mass is 285 g/mol. The van der Waals surface area contributed by atoms with Gasteiger partial charge in [0.2, 0.25) is 0 Å². The van der Waals surface area contributed by atoms with E-state index in [-0.39, 0.29) is 0 Å². The van der Waals surface area contributed by atoms with Gasteiger partial charge in [-0.05, 0) is 31.1 Å². The van der Waals surface area contributed by atoms with Crippen molar-refractivity contribution in [3.05, 3.63) is 12.2 Å². The smallest absolute Gasteiger partial charge is 0.138 e. The summed E-state index contributed by atoms with van der Waals surface area (Å²) in [5.74, 6) is 2.59. The first kappa shape index (κ1) is 12.1. The summed E-state index contributed by atoms with van der Waals surface area (Å²) in [6, 6.07) is 0. The van der Waals surface area contributed by atoms with Crippen molar-refractivity contribution in [3.63, 3.8) is 0 Å². The molecule has 0 saturated heterocycles. The van der Waals surface area contributed by atoms with E-state index in [9.17, 15) is 0 Å². The predicted molar refractivity (Wildman–Crippen MR) is 68.6 cm³/mol. The van der Waals surface area contributed by atoms with Crippen LogP contribution < -0.4 is 0 Å². The van der Waals surface area contributed by atoms with E-state index in [2.05, 4.69) is 44.5 Å². The minimum Gasteiger partial charge on any atom is -0.250 e. The Bertz CT molecular complexity index is 335. The van der Waals surface area contributed by atoms with Crippen molar-refractivity contribution < 1.29 is 0 Å². The highest BCUT2D eigenvalue weighted by molar-refractivity contribution is 9.09. The molecule has 1 heterocycles. The maximum atomic E-state index is 4.39. The van der Waals surface area contributed by atoms with Crippen molar-refractivity contribution in [3.8, 4) is 0 Å². The SMILES string of the molecule is CC(C)Cn1ncnc1CC1CCC(Br)C1. The molecule has 90 valence electrons. The molecule has 4 heteroatoms. The molecule has 1 aliphatic rings. The fourth-order valence-corrected chi connectivity index (χ4v) is 3.20. The third-order valence-corrected chi connectivity index (χ3v) is 4.01. The standard InChI is InChI=1S/C12H20BrN3/c1-9(2)7-16-12(14-8-15-16)6-10-3-4-11(13)5-10/h8-11H,3-7H2,1-2H3. The van der Waals surface area contributed by atoms with Gasteiger partial charge in [0.1, 0.15) is 12.2 Å². The van der Waals surface area contributed by atoms with E-state index in [0.29, 0.717) is 5.92 Å². The lowest BCUT2D eigenvalue weighted by atomic mass is 10.0. The van der Waals surface area contributed by atoms with Crippen LogP contribution in [0.1, 0.15) is 38.9 Å². The second-order valence-corrected chi connectivity index (χ2v) is 6.53. The number of aromatic nitrogens is 3. The summed E-state index contributed by atoms with van der Waals surface area (Å²) in [5.41, 5.74) is 0. The van der Waals surface area contributed by atoms with Crippen LogP contribution in [0.5, 0.6) is 0 Å². The largest absolute Gasteiger partial charge is 0.250 e. The normalized spacial score (nSPS) is 25.5. The Morgan fingerprint density at radius 1 is 1.50 bits per heavy atom. The molecule has 0 bridgehead atoms. The maximum Gasteiger partial charge on any atom is 0.138 e. The highest BCUT2D eigenvalue weighted by atomic mass is 79.9. The van der Waals surface area contributed by atoms with E-state index in [4.69, 9.17) is 0 Å². The van der Waals surface area contributed by atoms with Gasteiger partial charge in [0, 0.05) is 17.8 Å². The van der Waals surface area contributed by atoms with Crippen LogP contribution in [0.15, 0.2) is 6.33 Å². The zero-order chi connectivity index (χ0) is 11.5. The number of hydrogen-bond donors (Lipinski definition) is 0. The lowest BCUT2D eigenvalue weighted by Crippen LogP contribution is -2.13. The van der Waals surface area contributed by atoms with E-state index in [0.717, 1.165) is 23.7 Å². The molecule has 0 amide bonds. The van der Waals surface area contributed by atoms with Crippen molar-refractivity contribution in [2.75, 3.05) is 0 Å². The van der Waals surface area contributed by atoms with Crippen molar-refractivity contribution in [2.45, 2.75) is 50.9 Å². The van der Waals surface area contributed by atoms with Crippen molar-refractivity contribution in [1.82, 2.24) is 14.8 Å². The van der Waals surface area contributed by atoms with Gasteiger partial charge in [0.25, 0.3) is 0 Å². The first-order valence-corrected chi connectivity index (χ1v) is 7.07. The average molecular weight is 286 g/mol. The van der Waals surface area contributed by atoms with Crippen LogP contribution in [0.2, 0.25) is 0 Å². The molecule has 1 saturated carbocycles. The molecule has 2 unspecified atom stereocenters. The lowest BCUT2D eigenvalue weighted by molar-refractivity contribution is 0.441. The Morgan fingerprint density at radius 2 is 2.31 bits per heavy atom. The minimum atomic E-state index is 0.632. The number of hydrogen-bond acceptors (Lipinski definition) is 2.